The summed E-state index contributed by atoms with van der Waals surface area (Å²) in [5.74, 6) is 0.975. The summed E-state index contributed by atoms with van der Waals surface area (Å²) in [7, 11) is 0. The van der Waals surface area contributed by atoms with Gasteiger partial charge in [-0.15, -0.1) is 0 Å². The average molecular weight is 514 g/mol. The Morgan fingerprint density at radius 1 is 1.08 bits per heavy atom. The van der Waals surface area contributed by atoms with Gasteiger partial charge in [-0.05, 0) is 52.4 Å². The van der Waals surface area contributed by atoms with Crippen LogP contribution in [0.1, 0.15) is 83.5 Å². The van der Waals surface area contributed by atoms with E-state index in [1.165, 1.54) is 19.3 Å². The van der Waals surface area contributed by atoms with Crippen LogP contribution in [0.5, 0.6) is 0 Å². The Hall–Kier alpha value is -3.11. The first-order chi connectivity index (χ1) is 17.7. The molecule has 4 heterocycles. The van der Waals surface area contributed by atoms with Gasteiger partial charge in [0.1, 0.15) is 16.8 Å². The lowest BCUT2D eigenvalue weighted by Gasteiger charge is -2.39. The van der Waals surface area contributed by atoms with E-state index in [1.807, 2.05) is 25.5 Å². The monoisotopic (exact) mass is 513 g/mol. The number of likely N-dealkylation sites (tertiary alicyclic amines) is 2. The minimum atomic E-state index is -0.498. The molecule has 3 aliphatic rings. The molecule has 1 aliphatic carbocycles. The van der Waals surface area contributed by atoms with E-state index in [0.29, 0.717) is 61.5 Å². The van der Waals surface area contributed by atoms with Crippen molar-refractivity contribution in [2.24, 2.45) is 5.92 Å². The Morgan fingerprint density at radius 2 is 1.78 bits per heavy atom. The van der Waals surface area contributed by atoms with Gasteiger partial charge in [-0.3, -0.25) is 4.79 Å². The number of aromatic nitrogens is 4. The van der Waals surface area contributed by atoms with Crippen molar-refractivity contribution < 1.29 is 14.3 Å². The van der Waals surface area contributed by atoms with Crippen molar-refractivity contribution in [1.82, 2.24) is 34.9 Å². The number of hydrogen-bond acceptors (Lipinski definition) is 6. The third-order valence-electron chi connectivity index (χ3n) is 7.77. The number of aromatic amines is 1. The molecule has 2 N–H and O–H groups in total. The maximum Gasteiger partial charge on any atom is 0.410 e. The Kier molecular flexibility index (Phi) is 7.13. The zero-order chi connectivity index (χ0) is 26.2. The molecule has 5 rings (SSSR count). The van der Waals surface area contributed by atoms with Crippen LogP contribution in [0, 0.1) is 5.92 Å². The fourth-order valence-corrected chi connectivity index (χ4v) is 5.55. The van der Waals surface area contributed by atoms with E-state index < -0.39 is 5.60 Å². The third-order valence-corrected chi connectivity index (χ3v) is 7.77. The first-order valence-corrected chi connectivity index (χ1v) is 13.7. The van der Waals surface area contributed by atoms with Crippen LogP contribution in [0.15, 0.2) is 11.0 Å². The van der Waals surface area contributed by atoms with Crippen molar-refractivity contribution in [2.75, 3.05) is 32.7 Å². The normalized spacial score (nSPS) is 20.2. The fourth-order valence-electron chi connectivity index (χ4n) is 5.55. The van der Waals surface area contributed by atoms with Crippen LogP contribution in [-0.2, 0) is 4.74 Å². The summed E-state index contributed by atoms with van der Waals surface area (Å²) in [4.78, 5) is 48.8. The van der Waals surface area contributed by atoms with Gasteiger partial charge in [0, 0.05) is 32.7 Å². The molecule has 0 spiro atoms. The van der Waals surface area contributed by atoms with E-state index in [4.69, 9.17) is 9.72 Å². The number of rotatable bonds is 4. The number of nitrogens with one attached hydrogen (secondary N) is 2. The van der Waals surface area contributed by atoms with Crippen molar-refractivity contribution in [3.05, 3.63) is 22.4 Å². The van der Waals surface area contributed by atoms with E-state index in [0.717, 1.165) is 25.7 Å². The smallest absolute Gasteiger partial charge is 0.410 e. The van der Waals surface area contributed by atoms with Gasteiger partial charge >= 0.3 is 12.1 Å². The molecule has 202 valence electrons. The number of carbonyl (C=O) groups excluding carboxylic acids is 2. The molecule has 0 atom stereocenters. The zero-order valence-corrected chi connectivity index (χ0v) is 22.2. The van der Waals surface area contributed by atoms with Crippen LogP contribution < -0.4 is 10.9 Å². The van der Waals surface area contributed by atoms with Crippen LogP contribution in [0.25, 0.3) is 11.0 Å². The number of H-pyrrole nitrogens is 1. The van der Waals surface area contributed by atoms with Crippen LogP contribution in [0.2, 0.25) is 0 Å². The summed E-state index contributed by atoms with van der Waals surface area (Å²) < 4.78 is 7.39. The van der Waals surface area contributed by atoms with Gasteiger partial charge in [0.15, 0.2) is 5.65 Å². The van der Waals surface area contributed by atoms with Crippen molar-refractivity contribution in [1.29, 1.82) is 0 Å². The number of carbonyl (C=O) groups is 2. The molecule has 11 nitrogen and oxygen atoms in total. The first kappa shape index (κ1) is 25.5. The van der Waals surface area contributed by atoms with Crippen LogP contribution >= 0.6 is 0 Å². The number of piperidine rings is 1. The number of ether oxygens (including phenoxy) is 1. The molecule has 2 aliphatic heterocycles. The highest BCUT2D eigenvalue weighted by Gasteiger charge is 2.35. The summed E-state index contributed by atoms with van der Waals surface area (Å²) >= 11 is 0. The number of fused-ring (bicyclic) bond motifs is 1. The SMILES string of the molecule is CC(C)(C)OC(=O)N1CCC(CNC(=O)N2CC(c3nc4c(cnn4C4CCCCC4)c(=O)[nH]3)C2)CC1. The van der Waals surface area contributed by atoms with Crippen LogP contribution in [0.3, 0.4) is 0 Å². The predicted molar refractivity (Wildman–Crippen MR) is 139 cm³/mol. The van der Waals surface area contributed by atoms with Gasteiger partial charge in [-0.2, -0.15) is 5.10 Å². The minimum absolute atomic E-state index is 0.00891. The molecule has 0 unspecified atom stereocenters. The van der Waals surface area contributed by atoms with Crippen molar-refractivity contribution >= 4 is 23.2 Å². The molecule has 2 aromatic heterocycles. The maximum atomic E-state index is 12.7. The number of nitrogens with zero attached hydrogens (tertiary/aromatic N) is 5. The van der Waals surface area contributed by atoms with Gasteiger partial charge in [-0.1, -0.05) is 19.3 Å². The molecule has 0 radical (unpaired) electrons. The second kappa shape index (κ2) is 10.3. The standard InChI is InChI=1S/C26H39N7O4/c1-26(2,3)37-25(36)31-11-9-17(10-12-31)13-27-24(35)32-15-18(16-32)21-29-22-20(23(34)30-21)14-28-33(22)19-7-5-4-6-8-19/h14,17-19H,4-13,15-16H2,1-3H3,(H,27,35)(H,29,30,34). The summed E-state index contributed by atoms with van der Waals surface area (Å²) in [6.45, 7) is 8.51. The van der Waals surface area contributed by atoms with Gasteiger partial charge in [0.05, 0.1) is 18.2 Å². The molecule has 37 heavy (non-hydrogen) atoms. The second-order valence-electron chi connectivity index (χ2n) is 11.8. The van der Waals surface area contributed by atoms with Crippen LogP contribution in [0.4, 0.5) is 9.59 Å². The van der Waals surface area contributed by atoms with E-state index in [1.54, 1.807) is 16.0 Å². The highest BCUT2D eigenvalue weighted by atomic mass is 16.6. The Balaban J connectivity index is 1.10. The molecular weight excluding hydrogens is 474 g/mol. The van der Waals surface area contributed by atoms with Crippen LogP contribution in [-0.4, -0.2) is 80.0 Å². The summed E-state index contributed by atoms with van der Waals surface area (Å²) in [6, 6.07) is 0.203. The third kappa shape index (κ3) is 5.75. The summed E-state index contributed by atoms with van der Waals surface area (Å²) in [5, 5.41) is 8.07. The predicted octanol–water partition coefficient (Wildman–Crippen LogP) is 3.38. The lowest BCUT2D eigenvalue weighted by atomic mass is 9.95. The molecule has 0 aromatic carbocycles. The molecule has 3 amide bonds. The van der Waals surface area contributed by atoms with E-state index in [2.05, 4.69) is 15.4 Å². The van der Waals surface area contributed by atoms with Crippen molar-refractivity contribution in [2.45, 2.75) is 83.3 Å². The largest absolute Gasteiger partial charge is 0.444 e. The van der Waals surface area contributed by atoms with Gasteiger partial charge in [0.2, 0.25) is 0 Å². The highest BCUT2D eigenvalue weighted by molar-refractivity contribution is 5.76. The molecular formula is C26H39N7O4. The van der Waals surface area contributed by atoms with Crippen molar-refractivity contribution in [3.8, 4) is 0 Å². The second-order valence-corrected chi connectivity index (χ2v) is 11.8. The summed E-state index contributed by atoms with van der Waals surface area (Å²) in [5.41, 5.74) is -0.00374. The van der Waals surface area contributed by atoms with Crippen molar-refractivity contribution in [3.63, 3.8) is 0 Å². The Bertz CT molecular complexity index is 1180. The average Bonchev–Trinajstić information content (AvgIpc) is 3.26. The fraction of sp³-hybridized carbons (Fsp3) is 0.731. The molecule has 11 heteroatoms. The zero-order valence-electron chi connectivity index (χ0n) is 22.2. The molecule has 3 fully saturated rings. The number of hydrogen-bond donors (Lipinski definition) is 2. The molecule has 2 saturated heterocycles. The van der Waals surface area contributed by atoms with E-state index in [-0.39, 0.29) is 23.6 Å². The van der Waals surface area contributed by atoms with Gasteiger partial charge in [0.25, 0.3) is 5.56 Å². The number of urea groups is 1. The van der Waals surface area contributed by atoms with E-state index >= 15 is 0 Å². The lowest BCUT2D eigenvalue weighted by Crippen LogP contribution is -2.54. The first-order valence-electron chi connectivity index (χ1n) is 13.7. The van der Waals surface area contributed by atoms with Gasteiger partial charge < -0.3 is 24.8 Å². The molecule has 0 bridgehead atoms. The maximum absolute atomic E-state index is 12.7. The Labute approximate surface area is 216 Å². The topological polar surface area (TPSA) is 125 Å². The highest BCUT2D eigenvalue weighted by Crippen LogP contribution is 2.30. The molecule has 2 aromatic rings. The Morgan fingerprint density at radius 3 is 2.46 bits per heavy atom. The minimum Gasteiger partial charge on any atom is -0.444 e. The quantitative estimate of drug-likeness (QED) is 0.646. The number of amides is 3. The van der Waals surface area contributed by atoms with E-state index in [9.17, 15) is 14.4 Å². The lowest BCUT2D eigenvalue weighted by molar-refractivity contribution is 0.0183. The summed E-state index contributed by atoms with van der Waals surface area (Å²) in [6.07, 6.45) is 8.77. The van der Waals surface area contributed by atoms with Gasteiger partial charge in [-0.25, -0.2) is 19.3 Å². The molecule has 1 saturated carbocycles.